The van der Waals surface area contributed by atoms with Crippen LogP contribution in [0, 0.1) is 6.92 Å². The lowest BCUT2D eigenvalue weighted by Gasteiger charge is -2.06. The number of hydrogen-bond donors (Lipinski definition) is 0. The molecule has 0 saturated carbocycles. The summed E-state index contributed by atoms with van der Waals surface area (Å²) in [7, 11) is 1.69. The van der Waals surface area contributed by atoms with E-state index in [0.29, 0.717) is 0 Å². The molecule has 92 valence electrons. The molecule has 1 nitrogen and oxygen atoms in total. The molecule has 2 aromatic rings. The van der Waals surface area contributed by atoms with Gasteiger partial charge in [0.15, 0.2) is 0 Å². The summed E-state index contributed by atoms with van der Waals surface area (Å²) in [6.45, 7) is 4.26. The smallest absolute Gasteiger partial charge is 0.119 e. The van der Waals surface area contributed by atoms with Gasteiger partial charge in [-0.1, -0.05) is 42.5 Å². The Kier molecular flexibility index (Phi) is 3.83. The summed E-state index contributed by atoms with van der Waals surface area (Å²) < 4.78 is 5.25. The van der Waals surface area contributed by atoms with Crippen molar-refractivity contribution in [1.29, 1.82) is 0 Å². The highest BCUT2D eigenvalue weighted by atomic mass is 16.5. The minimum Gasteiger partial charge on any atom is -0.497 e. The van der Waals surface area contributed by atoms with Gasteiger partial charge in [0.25, 0.3) is 0 Å². The van der Waals surface area contributed by atoms with Gasteiger partial charge in [-0.3, -0.25) is 0 Å². The molecule has 0 aliphatic heterocycles. The summed E-state index contributed by atoms with van der Waals surface area (Å²) in [6.07, 6.45) is 2.21. The first-order valence-corrected chi connectivity index (χ1v) is 6.09. The number of benzene rings is 2. The van der Waals surface area contributed by atoms with Crippen LogP contribution in [-0.2, 0) is 0 Å². The summed E-state index contributed by atoms with van der Waals surface area (Å²) in [4.78, 5) is 0. The molecule has 0 spiro atoms. The Balaban J connectivity index is 2.36. The van der Waals surface area contributed by atoms with Crippen molar-refractivity contribution in [3.8, 4) is 5.75 Å². The molecule has 0 aliphatic rings. The number of aryl methyl sites for hydroxylation is 1. The number of hydrogen-bond acceptors (Lipinski definition) is 1. The maximum atomic E-state index is 5.25. The second-order valence-electron chi connectivity index (χ2n) is 4.42. The van der Waals surface area contributed by atoms with Crippen molar-refractivity contribution in [2.45, 2.75) is 13.8 Å². The average Bonchev–Trinajstić information content (AvgIpc) is 2.41. The summed E-state index contributed by atoms with van der Waals surface area (Å²) in [6, 6.07) is 16.5. The molecule has 0 aromatic heterocycles. The van der Waals surface area contributed by atoms with Crippen LogP contribution in [0.15, 0.2) is 48.5 Å². The third-order valence-electron chi connectivity index (χ3n) is 3.09. The van der Waals surface area contributed by atoms with Gasteiger partial charge in [-0.2, -0.15) is 0 Å². The summed E-state index contributed by atoms with van der Waals surface area (Å²) in [5, 5.41) is 0. The van der Waals surface area contributed by atoms with Crippen LogP contribution in [0.1, 0.15) is 23.6 Å². The normalized spacial score (nSPS) is 11.4. The van der Waals surface area contributed by atoms with Gasteiger partial charge in [-0.15, -0.1) is 0 Å². The SMILES string of the molecule is COc1cccc(/C(C)=C/c2ccccc2C)c1. The molecule has 2 rings (SSSR count). The topological polar surface area (TPSA) is 9.23 Å². The van der Waals surface area contributed by atoms with E-state index in [0.717, 1.165) is 5.75 Å². The Morgan fingerprint density at radius 3 is 2.56 bits per heavy atom. The van der Waals surface area contributed by atoms with Crippen LogP contribution < -0.4 is 4.74 Å². The molecule has 0 heterocycles. The van der Waals surface area contributed by atoms with Crippen LogP contribution in [0.3, 0.4) is 0 Å². The fraction of sp³-hybridized carbons (Fsp3) is 0.176. The van der Waals surface area contributed by atoms with Gasteiger partial charge in [0.05, 0.1) is 7.11 Å². The lowest BCUT2D eigenvalue weighted by molar-refractivity contribution is 0.414. The molecule has 1 heteroatoms. The van der Waals surface area contributed by atoms with Crippen LogP contribution in [0.4, 0.5) is 0 Å². The highest BCUT2D eigenvalue weighted by molar-refractivity contribution is 5.81. The zero-order valence-electron chi connectivity index (χ0n) is 11.1. The molecule has 0 atom stereocenters. The maximum Gasteiger partial charge on any atom is 0.119 e. The largest absolute Gasteiger partial charge is 0.497 e. The second-order valence-corrected chi connectivity index (χ2v) is 4.42. The third kappa shape index (κ3) is 2.80. The van der Waals surface area contributed by atoms with E-state index in [1.54, 1.807) is 7.11 Å². The summed E-state index contributed by atoms with van der Waals surface area (Å²) >= 11 is 0. The molecule has 0 unspecified atom stereocenters. The van der Waals surface area contributed by atoms with Crippen molar-refractivity contribution in [2.75, 3.05) is 7.11 Å². The molecule has 0 aliphatic carbocycles. The van der Waals surface area contributed by atoms with E-state index in [-0.39, 0.29) is 0 Å². The third-order valence-corrected chi connectivity index (χ3v) is 3.09. The molecule has 0 N–H and O–H groups in total. The van der Waals surface area contributed by atoms with Crippen LogP contribution in [0.2, 0.25) is 0 Å². The predicted molar refractivity (Wildman–Crippen MR) is 77.7 cm³/mol. The Bertz CT molecular complexity index is 567. The lowest BCUT2D eigenvalue weighted by atomic mass is 10.0. The first-order valence-electron chi connectivity index (χ1n) is 6.09. The Morgan fingerprint density at radius 1 is 1.06 bits per heavy atom. The van der Waals surface area contributed by atoms with E-state index in [1.807, 2.05) is 12.1 Å². The molecule has 0 bridgehead atoms. The predicted octanol–water partition coefficient (Wildman–Crippen LogP) is 4.56. The Labute approximate surface area is 109 Å². The van der Waals surface area contributed by atoms with Gasteiger partial charge < -0.3 is 4.74 Å². The van der Waals surface area contributed by atoms with Crippen LogP contribution in [-0.4, -0.2) is 7.11 Å². The van der Waals surface area contributed by atoms with E-state index in [4.69, 9.17) is 4.74 Å². The molecular weight excluding hydrogens is 220 g/mol. The van der Waals surface area contributed by atoms with Gasteiger partial charge >= 0.3 is 0 Å². The van der Waals surface area contributed by atoms with Gasteiger partial charge in [-0.25, -0.2) is 0 Å². The summed E-state index contributed by atoms with van der Waals surface area (Å²) in [5.41, 5.74) is 4.98. The highest BCUT2D eigenvalue weighted by Gasteiger charge is 1.99. The zero-order valence-corrected chi connectivity index (χ0v) is 11.1. The lowest BCUT2D eigenvalue weighted by Crippen LogP contribution is -1.86. The molecule has 0 amide bonds. The zero-order chi connectivity index (χ0) is 13.0. The van der Waals surface area contributed by atoms with Crippen molar-refractivity contribution in [3.63, 3.8) is 0 Å². The second kappa shape index (κ2) is 5.54. The van der Waals surface area contributed by atoms with E-state index in [1.165, 1.54) is 22.3 Å². The number of ether oxygens (including phenoxy) is 1. The quantitative estimate of drug-likeness (QED) is 0.712. The Hall–Kier alpha value is -2.02. The fourth-order valence-corrected chi connectivity index (χ4v) is 1.93. The highest BCUT2D eigenvalue weighted by Crippen LogP contribution is 2.22. The molecule has 0 radical (unpaired) electrons. The summed E-state index contributed by atoms with van der Waals surface area (Å²) in [5.74, 6) is 0.894. The van der Waals surface area contributed by atoms with Gasteiger partial charge in [-0.05, 0) is 48.2 Å². The number of methoxy groups -OCH3 is 1. The number of rotatable bonds is 3. The maximum absolute atomic E-state index is 5.25. The van der Waals surface area contributed by atoms with Crippen molar-refractivity contribution in [3.05, 3.63) is 65.2 Å². The van der Waals surface area contributed by atoms with Gasteiger partial charge in [0, 0.05) is 0 Å². The van der Waals surface area contributed by atoms with Crippen molar-refractivity contribution < 1.29 is 4.74 Å². The molecule has 18 heavy (non-hydrogen) atoms. The van der Waals surface area contributed by atoms with E-state index >= 15 is 0 Å². The van der Waals surface area contributed by atoms with Gasteiger partial charge in [0.2, 0.25) is 0 Å². The van der Waals surface area contributed by atoms with Crippen LogP contribution in [0.25, 0.3) is 11.6 Å². The van der Waals surface area contributed by atoms with Crippen molar-refractivity contribution in [2.24, 2.45) is 0 Å². The van der Waals surface area contributed by atoms with Crippen LogP contribution >= 0.6 is 0 Å². The molecule has 0 fully saturated rings. The first kappa shape index (κ1) is 12.4. The van der Waals surface area contributed by atoms with Crippen LogP contribution in [0.5, 0.6) is 5.75 Å². The van der Waals surface area contributed by atoms with E-state index < -0.39 is 0 Å². The molecule has 0 saturated heterocycles. The monoisotopic (exact) mass is 238 g/mol. The molecular formula is C17H18O. The van der Waals surface area contributed by atoms with Gasteiger partial charge in [0.1, 0.15) is 5.75 Å². The minimum atomic E-state index is 0.894. The first-order chi connectivity index (χ1) is 8.70. The average molecular weight is 238 g/mol. The van der Waals surface area contributed by atoms with Crippen molar-refractivity contribution >= 4 is 11.6 Å². The minimum absolute atomic E-state index is 0.894. The van der Waals surface area contributed by atoms with Crippen molar-refractivity contribution in [1.82, 2.24) is 0 Å². The Morgan fingerprint density at radius 2 is 1.83 bits per heavy atom. The fourth-order valence-electron chi connectivity index (χ4n) is 1.93. The number of allylic oxidation sites excluding steroid dienone is 1. The molecule has 2 aromatic carbocycles. The standard InChI is InChI=1S/C17H18O/c1-13-7-4-5-8-15(13)11-14(2)16-9-6-10-17(12-16)18-3/h4-12H,1-3H3/b14-11+. The van der Waals surface area contributed by atoms with E-state index in [2.05, 4.69) is 56.3 Å². The van der Waals surface area contributed by atoms with E-state index in [9.17, 15) is 0 Å².